The molecule has 1 N–H and O–H groups in total. The van der Waals surface area contributed by atoms with Crippen LogP contribution in [0.4, 0.5) is 0 Å². The van der Waals surface area contributed by atoms with Gasteiger partial charge in [-0.2, -0.15) is 0 Å². The van der Waals surface area contributed by atoms with Crippen LogP contribution in [0.5, 0.6) is 0 Å². The second kappa shape index (κ2) is 2.64. The minimum absolute atomic E-state index is 0.663. The van der Waals surface area contributed by atoms with Crippen LogP contribution in [0.2, 0.25) is 0 Å². The van der Waals surface area contributed by atoms with Gasteiger partial charge in [0.05, 0.1) is 0 Å². The molecular formula is C6H8N2S2. The maximum atomic E-state index is 4.96. The van der Waals surface area contributed by atoms with Gasteiger partial charge in [-0.15, -0.1) is 0 Å². The first-order valence-electron chi connectivity index (χ1n) is 2.88. The number of H-pyrrole nitrogens is 1. The molecule has 0 saturated heterocycles. The van der Waals surface area contributed by atoms with Crippen LogP contribution in [-0.2, 0) is 7.05 Å². The molecule has 0 aromatic carbocycles. The lowest BCUT2D eigenvalue weighted by molar-refractivity contribution is 0.828. The second-order valence-corrected chi connectivity index (χ2v) is 2.98. The summed E-state index contributed by atoms with van der Waals surface area (Å²) in [6.45, 7) is 1.95. The van der Waals surface area contributed by atoms with E-state index in [4.69, 9.17) is 24.4 Å². The number of rotatable bonds is 0. The van der Waals surface area contributed by atoms with E-state index in [-0.39, 0.29) is 0 Å². The fourth-order valence-corrected chi connectivity index (χ4v) is 1.06. The maximum absolute atomic E-state index is 4.96. The van der Waals surface area contributed by atoms with Crippen LogP contribution in [0.1, 0.15) is 5.56 Å². The minimum Gasteiger partial charge on any atom is -0.328 e. The van der Waals surface area contributed by atoms with E-state index in [0.29, 0.717) is 4.77 Å². The first kappa shape index (κ1) is 7.63. The van der Waals surface area contributed by atoms with Crippen LogP contribution < -0.4 is 0 Å². The number of hydrogen-bond acceptors (Lipinski definition) is 2. The van der Waals surface area contributed by atoms with Gasteiger partial charge < -0.3 is 9.55 Å². The van der Waals surface area contributed by atoms with Crippen LogP contribution in [-0.4, -0.2) is 9.55 Å². The zero-order valence-electron chi connectivity index (χ0n) is 5.84. The van der Waals surface area contributed by atoms with Crippen LogP contribution in [0.15, 0.2) is 6.20 Å². The summed E-state index contributed by atoms with van der Waals surface area (Å²) in [7, 11) is 1.89. The maximum Gasteiger partial charge on any atom is 0.177 e. The number of nitrogens with one attached hydrogen (secondary N) is 1. The van der Waals surface area contributed by atoms with Gasteiger partial charge in [0.1, 0.15) is 4.64 Å². The third-order valence-electron chi connectivity index (χ3n) is 1.29. The van der Waals surface area contributed by atoms with E-state index in [2.05, 4.69) is 4.98 Å². The molecule has 0 amide bonds. The second-order valence-electron chi connectivity index (χ2n) is 2.18. The Labute approximate surface area is 69.5 Å². The molecule has 10 heavy (non-hydrogen) atoms. The average molecular weight is 172 g/mol. The van der Waals surface area contributed by atoms with Crippen molar-refractivity contribution in [1.29, 1.82) is 0 Å². The number of aryl methyl sites for hydroxylation is 2. The van der Waals surface area contributed by atoms with E-state index in [9.17, 15) is 0 Å². The Morgan fingerprint density at radius 3 is 2.60 bits per heavy atom. The summed E-state index contributed by atoms with van der Waals surface area (Å²) in [5.74, 6) is 0. The molecule has 0 aliphatic rings. The Hall–Kier alpha value is -0.480. The van der Waals surface area contributed by atoms with E-state index in [0.717, 1.165) is 10.2 Å². The Morgan fingerprint density at radius 1 is 1.50 bits per heavy atom. The first-order valence-corrected chi connectivity index (χ1v) is 3.69. The topological polar surface area (TPSA) is 20.7 Å². The van der Waals surface area contributed by atoms with Crippen molar-refractivity contribution in [2.24, 2.45) is 7.05 Å². The molecule has 54 valence electrons. The van der Waals surface area contributed by atoms with Gasteiger partial charge in [-0.3, -0.25) is 0 Å². The molecular weight excluding hydrogens is 164 g/mol. The molecule has 1 aromatic rings. The zero-order valence-corrected chi connectivity index (χ0v) is 7.47. The normalized spacial score (nSPS) is 9.80. The van der Waals surface area contributed by atoms with Crippen molar-refractivity contribution in [1.82, 2.24) is 9.55 Å². The highest BCUT2D eigenvalue weighted by Gasteiger charge is 1.88. The van der Waals surface area contributed by atoms with E-state index >= 15 is 0 Å². The van der Waals surface area contributed by atoms with E-state index in [1.54, 1.807) is 0 Å². The quantitative estimate of drug-likeness (QED) is 0.605. The Balaban J connectivity index is 3.59. The Morgan fingerprint density at radius 2 is 2.10 bits per heavy atom. The predicted octanol–water partition coefficient (Wildman–Crippen LogP) is 2.12. The molecule has 0 bridgehead atoms. The molecule has 0 atom stereocenters. The fourth-order valence-electron chi connectivity index (χ4n) is 0.692. The van der Waals surface area contributed by atoms with Crippen molar-refractivity contribution in [3.8, 4) is 0 Å². The van der Waals surface area contributed by atoms with Crippen molar-refractivity contribution in [3.05, 3.63) is 21.2 Å². The molecule has 0 fully saturated rings. The first-order chi connectivity index (χ1) is 4.61. The van der Waals surface area contributed by atoms with E-state index < -0.39 is 0 Å². The highest BCUT2D eigenvalue weighted by atomic mass is 32.1. The van der Waals surface area contributed by atoms with Gasteiger partial charge in [-0.25, -0.2) is 0 Å². The van der Waals surface area contributed by atoms with E-state index in [1.165, 1.54) is 0 Å². The molecule has 1 heterocycles. The summed E-state index contributed by atoms with van der Waals surface area (Å²) < 4.78 is 3.22. The van der Waals surface area contributed by atoms with Gasteiger partial charge in [0.15, 0.2) is 4.77 Å². The van der Waals surface area contributed by atoms with Crippen molar-refractivity contribution < 1.29 is 0 Å². The molecule has 0 saturated carbocycles. The third kappa shape index (κ3) is 1.33. The van der Waals surface area contributed by atoms with E-state index in [1.807, 2.05) is 24.7 Å². The molecule has 2 nitrogen and oxygen atoms in total. The minimum atomic E-state index is 0.663. The third-order valence-corrected chi connectivity index (χ3v) is 2.10. The molecule has 0 radical (unpaired) electrons. The molecule has 0 unspecified atom stereocenters. The van der Waals surface area contributed by atoms with Gasteiger partial charge in [0.2, 0.25) is 0 Å². The monoisotopic (exact) mass is 172 g/mol. The number of aromatic nitrogens is 2. The number of hydrogen-bond donors (Lipinski definition) is 1. The van der Waals surface area contributed by atoms with Crippen LogP contribution in [0.25, 0.3) is 0 Å². The highest BCUT2D eigenvalue weighted by Crippen LogP contribution is 1.96. The van der Waals surface area contributed by atoms with Crippen molar-refractivity contribution >= 4 is 24.4 Å². The zero-order chi connectivity index (χ0) is 7.72. The largest absolute Gasteiger partial charge is 0.328 e. The molecule has 4 heteroatoms. The molecule has 0 spiro atoms. The van der Waals surface area contributed by atoms with Crippen molar-refractivity contribution in [3.63, 3.8) is 0 Å². The Bertz CT molecular complexity index is 316. The van der Waals surface area contributed by atoms with Gasteiger partial charge in [-0.1, -0.05) is 12.2 Å². The summed E-state index contributed by atoms with van der Waals surface area (Å²) in [6, 6.07) is 0. The van der Waals surface area contributed by atoms with Crippen LogP contribution in [0.3, 0.4) is 0 Å². The Kier molecular flexibility index (Phi) is 2.01. The SMILES string of the molecule is Cc1cn(C)c(=S)[nH]c1=S. The van der Waals surface area contributed by atoms with Gasteiger partial charge in [0.25, 0.3) is 0 Å². The summed E-state index contributed by atoms with van der Waals surface area (Å²) in [4.78, 5) is 2.90. The van der Waals surface area contributed by atoms with Gasteiger partial charge in [-0.05, 0) is 19.1 Å². The van der Waals surface area contributed by atoms with Crippen LogP contribution >= 0.6 is 24.4 Å². The number of aromatic amines is 1. The lowest BCUT2D eigenvalue weighted by Gasteiger charge is -1.98. The van der Waals surface area contributed by atoms with Gasteiger partial charge in [0, 0.05) is 18.8 Å². The molecule has 1 rings (SSSR count). The van der Waals surface area contributed by atoms with Crippen molar-refractivity contribution in [2.45, 2.75) is 6.92 Å². The highest BCUT2D eigenvalue weighted by molar-refractivity contribution is 7.72. The lowest BCUT2D eigenvalue weighted by Crippen LogP contribution is -1.96. The van der Waals surface area contributed by atoms with Crippen molar-refractivity contribution in [2.75, 3.05) is 0 Å². The summed E-state index contributed by atoms with van der Waals surface area (Å²) >= 11 is 9.91. The standard InChI is InChI=1S/C6H8N2S2/c1-4-3-8(2)6(10)7-5(4)9/h3H,1-2H3,(H,7,9,10). The average Bonchev–Trinajstić information content (AvgIpc) is 1.84. The molecule has 0 aliphatic heterocycles. The smallest absolute Gasteiger partial charge is 0.177 e. The summed E-state index contributed by atoms with van der Waals surface area (Å²) in [5, 5.41) is 0. The van der Waals surface area contributed by atoms with Gasteiger partial charge >= 0.3 is 0 Å². The lowest BCUT2D eigenvalue weighted by atomic mass is 10.4. The summed E-state index contributed by atoms with van der Waals surface area (Å²) in [5.41, 5.74) is 1.05. The van der Waals surface area contributed by atoms with Crippen LogP contribution in [0, 0.1) is 16.3 Å². The summed E-state index contributed by atoms with van der Waals surface area (Å²) in [6.07, 6.45) is 1.92. The predicted molar refractivity (Wildman–Crippen MR) is 46.2 cm³/mol. The molecule has 1 aromatic heterocycles. The molecule has 0 aliphatic carbocycles. The fraction of sp³-hybridized carbons (Fsp3) is 0.333. The number of nitrogens with zero attached hydrogens (tertiary/aromatic N) is 1.